The van der Waals surface area contributed by atoms with E-state index in [1.54, 1.807) is 13.2 Å². The zero-order chi connectivity index (χ0) is 22.0. The summed E-state index contributed by atoms with van der Waals surface area (Å²) in [4.78, 5) is 25.8. The number of aromatic hydroxyl groups is 1. The van der Waals surface area contributed by atoms with Gasteiger partial charge in [0.25, 0.3) is 0 Å². The molecule has 5 nitrogen and oxygen atoms in total. The van der Waals surface area contributed by atoms with E-state index in [4.69, 9.17) is 9.15 Å². The zero-order valence-electron chi connectivity index (χ0n) is 17.9. The molecule has 0 amide bonds. The molecule has 5 heteroatoms. The summed E-state index contributed by atoms with van der Waals surface area (Å²) in [5, 5.41) is 11.7. The second-order valence-corrected chi connectivity index (χ2v) is 7.91. The Morgan fingerprint density at radius 1 is 1.16 bits per heavy atom. The van der Waals surface area contributed by atoms with Crippen molar-refractivity contribution in [3.63, 3.8) is 0 Å². The fourth-order valence-corrected chi connectivity index (χ4v) is 4.28. The summed E-state index contributed by atoms with van der Waals surface area (Å²) in [5.74, 6) is 0.235. The number of hydrogen-bond acceptors (Lipinski definition) is 5. The molecule has 1 aliphatic rings. The van der Waals surface area contributed by atoms with Crippen molar-refractivity contribution in [1.82, 2.24) is 0 Å². The second-order valence-electron chi connectivity index (χ2n) is 7.91. The van der Waals surface area contributed by atoms with Crippen molar-refractivity contribution in [2.75, 3.05) is 7.11 Å². The summed E-state index contributed by atoms with van der Waals surface area (Å²) in [6.45, 7) is 2.02. The van der Waals surface area contributed by atoms with Crippen molar-refractivity contribution in [3.05, 3.63) is 74.6 Å². The lowest BCUT2D eigenvalue weighted by atomic mass is 9.88. The summed E-state index contributed by atoms with van der Waals surface area (Å²) < 4.78 is 10.8. The standard InChI is InChI=1S/C26H26O5/c1-3-6-17-15-21-19-7-4-5-8-20(19)26(29)31-25(21)23(24(17)28)22(27)14-11-16-9-12-18(30-2)13-10-16/h9-15,28H,3-8H2,1-2H3. The highest BCUT2D eigenvalue weighted by Gasteiger charge is 2.25. The van der Waals surface area contributed by atoms with Gasteiger partial charge in [-0.2, -0.15) is 0 Å². The van der Waals surface area contributed by atoms with Gasteiger partial charge in [-0.3, -0.25) is 4.79 Å². The number of aryl methyl sites for hydroxylation is 2. The molecule has 0 atom stereocenters. The molecule has 0 radical (unpaired) electrons. The number of phenols is 1. The number of ketones is 1. The molecular weight excluding hydrogens is 392 g/mol. The lowest BCUT2D eigenvalue weighted by Gasteiger charge is -2.18. The van der Waals surface area contributed by atoms with E-state index in [-0.39, 0.29) is 16.9 Å². The van der Waals surface area contributed by atoms with Crippen LogP contribution in [0.1, 0.15) is 58.8 Å². The highest BCUT2D eigenvalue weighted by molar-refractivity contribution is 6.16. The fourth-order valence-electron chi connectivity index (χ4n) is 4.28. The number of carbonyl (C=O) groups excluding carboxylic acids is 1. The predicted octanol–water partition coefficient (Wildman–Crippen LogP) is 5.23. The molecule has 0 saturated heterocycles. The number of hydrogen-bond donors (Lipinski definition) is 1. The average Bonchev–Trinajstić information content (AvgIpc) is 2.79. The third-order valence-corrected chi connectivity index (χ3v) is 5.87. The second kappa shape index (κ2) is 8.80. The van der Waals surface area contributed by atoms with Crippen molar-refractivity contribution in [1.29, 1.82) is 0 Å². The van der Waals surface area contributed by atoms with E-state index in [0.717, 1.165) is 47.9 Å². The number of rotatable bonds is 6. The first kappa shape index (κ1) is 20.9. The van der Waals surface area contributed by atoms with Gasteiger partial charge in [-0.1, -0.05) is 31.6 Å². The number of methoxy groups -OCH3 is 1. The topological polar surface area (TPSA) is 76.7 Å². The van der Waals surface area contributed by atoms with E-state index >= 15 is 0 Å². The third-order valence-electron chi connectivity index (χ3n) is 5.87. The number of fused-ring (bicyclic) bond motifs is 3. The van der Waals surface area contributed by atoms with Crippen LogP contribution in [0.4, 0.5) is 0 Å². The molecule has 0 spiro atoms. The molecule has 0 fully saturated rings. The summed E-state index contributed by atoms with van der Waals surface area (Å²) in [6, 6.07) is 9.19. The summed E-state index contributed by atoms with van der Waals surface area (Å²) in [6.07, 6.45) is 7.98. The van der Waals surface area contributed by atoms with Crippen LogP contribution in [0, 0.1) is 0 Å². The molecule has 1 N–H and O–H groups in total. The van der Waals surface area contributed by atoms with E-state index in [2.05, 4.69) is 0 Å². The lowest BCUT2D eigenvalue weighted by Crippen LogP contribution is -2.17. The van der Waals surface area contributed by atoms with Gasteiger partial charge in [0.2, 0.25) is 0 Å². The highest BCUT2D eigenvalue weighted by Crippen LogP contribution is 2.36. The molecular formula is C26H26O5. The third kappa shape index (κ3) is 4.00. The van der Waals surface area contributed by atoms with Crippen LogP contribution >= 0.6 is 0 Å². The Morgan fingerprint density at radius 2 is 1.87 bits per heavy atom. The minimum atomic E-state index is -0.405. The SMILES string of the molecule is CCCc1cc2c3c(c(=O)oc2c(C(=O)C=Cc2ccc(OC)cc2)c1O)CCCC3. The molecule has 0 saturated carbocycles. The first-order chi connectivity index (χ1) is 15.0. The largest absolute Gasteiger partial charge is 0.507 e. The van der Waals surface area contributed by atoms with Gasteiger partial charge in [-0.15, -0.1) is 0 Å². The number of phenolic OH excluding ortho intramolecular Hbond substituents is 1. The Morgan fingerprint density at radius 3 is 2.55 bits per heavy atom. The van der Waals surface area contributed by atoms with E-state index in [0.29, 0.717) is 24.0 Å². The van der Waals surface area contributed by atoms with Crippen molar-refractivity contribution in [3.8, 4) is 11.5 Å². The van der Waals surface area contributed by atoms with E-state index < -0.39 is 11.4 Å². The lowest BCUT2D eigenvalue weighted by molar-refractivity contribution is 0.104. The van der Waals surface area contributed by atoms with Crippen molar-refractivity contribution < 1.29 is 19.1 Å². The molecule has 0 unspecified atom stereocenters. The minimum absolute atomic E-state index is 0.0659. The van der Waals surface area contributed by atoms with Crippen LogP contribution in [-0.2, 0) is 19.3 Å². The smallest absolute Gasteiger partial charge is 0.339 e. The molecule has 3 aromatic rings. The summed E-state index contributed by atoms with van der Waals surface area (Å²) >= 11 is 0. The molecule has 4 rings (SSSR count). The molecule has 0 bridgehead atoms. The Kier molecular flexibility index (Phi) is 5.94. The van der Waals surface area contributed by atoms with Crippen molar-refractivity contribution >= 4 is 22.8 Å². The Labute approximate surface area is 181 Å². The average molecular weight is 418 g/mol. The monoisotopic (exact) mass is 418 g/mol. The van der Waals surface area contributed by atoms with Crippen LogP contribution in [0.25, 0.3) is 17.0 Å². The Hall–Kier alpha value is -3.34. The van der Waals surface area contributed by atoms with E-state index in [9.17, 15) is 14.7 Å². The first-order valence-corrected chi connectivity index (χ1v) is 10.7. The van der Waals surface area contributed by atoms with Crippen LogP contribution in [0.3, 0.4) is 0 Å². The van der Waals surface area contributed by atoms with Crippen molar-refractivity contribution in [2.24, 2.45) is 0 Å². The number of benzene rings is 2. The molecule has 2 aromatic carbocycles. The van der Waals surface area contributed by atoms with Crippen LogP contribution in [-0.4, -0.2) is 18.0 Å². The van der Waals surface area contributed by atoms with Gasteiger partial charge in [-0.05, 0) is 73.1 Å². The number of ether oxygens (including phenoxy) is 1. The molecule has 31 heavy (non-hydrogen) atoms. The Balaban J connectivity index is 1.85. The van der Waals surface area contributed by atoms with Gasteiger partial charge >= 0.3 is 5.63 Å². The molecule has 1 aliphatic carbocycles. The quantitative estimate of drug-likeness (QED) is 0.337. The fraction of sp³-hybridized carbons (Fsp3) is 0.308. The summed E-state index contributed by atoms with van der Waals surface area (Å²) in [7, 11) is 1.60. The minimum Gasteiger partial charge on any atom is -0.507 e. The van der Waals surface area contributed by atoms with Crippen LogP contribution in [0.5, 0.6) is 11.5 Å². The van der Waals surface area contributed by atoms with Crippen molar-refractivity contribution in [2.45, 2.75) is 45.4 Å². The van der Waals surface area contributed by atoms with Crippen LogP contribution < -0.4 is 10.4 Å². The molecule has 0 aliphatic heterocycles. The van der Waals surface area contributed by atoms with E-state index in [1.807, 2.05) is 37.3 Å². The van der Waals surface area contributed by atoms with Gasteiger partial charge in [0.1, 0.15) is 17.1 Å². The first-order valence-electron chi connectivity index (χ1n) is 10.7. The number of allylic oxidation sites excluding steroid dienone is 1. The highest BCUT2D eigenvalue weighted by atomic mass is 16.5. The maximum absolute atomic E-state index is 13.2. The molecule has 1 aromatic heterocycles. The van der Waals surface area contributed by atoms with Gasteiger partial charge in [0.15, 0.2) is 11.4 Å². The Bertz CT molecular complexity index is 1220. The zero-order valence-corrected chi connectivity index (χ0v) is 17.9. The van der Waals surface area contributed by atoms with Gasteiger partial charge in [-0.25, -0.2) is 4.79 Å². The predicted molar refractivity (Wildman–Crippen MR) is 121 cm³/mol. The van der Waals surface area contributed by atoms with Crippen LogP contribution in [0.15, 0.2) is 45.6 Å². The van der Waals surface area contributed by atoms with E-state index in [1.165, 1.54) is 6.08 Å². The molecule has 1 heterocycles. The van der Waals surface area contributed by atoms with Gasteiger partial charge in [0.05, 0.1) is 7.11 Å². The maximum atomic E-state index is 13.2. The van der Waals surface area contributed by atoms with Gasteiger partial charge in [0, 0.05) is 10.9 Å². The number of carbonyl (C=O) groups is 1. The summed E-state index contributed by atoms with van der Waals surface area (Å²) in [5.41, 5.74) is 3.04. The van der Waals surface area contributed by atoms with Gasteiger partial charge < -0.3 is 14.3 Å². The molecule has 160 valence electrons. The van der Waals surface area contributed by atoms with Crippen LogP contribution in [0.2, 0.25) is 0 Å². The normalized spacial score (nSPS) is 13.5. The maximum Gasteiger partial charge on any atom is 0.339 e.